The predicted molar refractivity (Wildman–Crippen MR) is 209 cm³/mol. The highest BCUT2D eigenvalue weighted by atomic mass is 35.5. The van der Waals surface area contributed by atoms with E-state index in [0.29, 0.717) is 34.9 Å². The molecule has 6 rings (SSSR count). The van der Waals surface area contributed by atoms with Crippen LogP contribution in [0.5, 0.6) is 23.0 Å². The first-order chi connectivity index (χ1) is 26.9. The largest absolute Gasteiger partial charge is 0.497 e. The summed E-state index contributed by atoms with van der Waals surface area (Å²) in [5, 5.41) is 39.8. The van der Waals surface area contributed by atoms with Crippen LogP contribution in [0.15, 0.2) is 110 Å². The van der Waals surface area contributed by atoms with Crippen LogP contribution in [0.2, 0.25) is 5.15 Å². The predicted octanol–water partition coefficient (Wildman–Crippen LogP) is 5.67. The number of nitro benzene ring substituents is 2. The van der Waals surface area contributed by atoms with Gasteiger partial charge in [0.2, 0.25) is 0 Å². The first-order valence-corrected chi connectivity index (χ1v) is 16.9. The molecule has 0 amide bonds. The van der Waals surface area contributed by atoms with Crippen molar-refractivity contribution in [2.24, 2.45) is 0 Å². The van der Waals surface area contributed by atoms with Gasteiger partial charge in [0, 0.05) is 41.9 Å². The molecule has 2 aromatic heterocycles. The van der Waals surface area contributed by atoms with Crippen LogP contribution >= 0.6 is 11.6 Å². The molecule has 0 fully saturated rings. The van der Waals surface area contributed by atoms with Crippen molar-refractivity contribution in [1.29, 1.82) is 0 Å². The van der Waals surface area contributed by atoms with E-state index in [1.165, 1.54) is 39.0 Å². The Morgan fingerprint density at radius 1 is 0.607 bits per heavy atom. The van der Waals surface area contributed by atoms with E-state index in [2.05, 4.69) is 19.9 Å². The normalized spacial score (nSPS) is 10.1. The van der Waals surface area contributed by atoms with Crippen LogP contribution in [0.25, 0.3) is 11.3 Å². The maximum Gasteiger partial charge on any atom is 0.488 e. The molecule has 2 N–H and O–H groups in total. The first-order valence-electron chi connectivity index (χ1n) is 16.5. The van der Waals surface area contributed by atoms with Gasteiger partial charge in [-0.1, -0.05) is 35.9 Å². The average Bonchev–Trinajstić information content (AvgIpc) is 3.21. The molecule has 0 spiro atoms. The summed E-state index contributed by atoms with van der Waals surface area (Å²) in [5.41, 5.74) is 5.04. The summed E-state index contributed by atoms with van der Waals surface area (Å²) in [6.07, 6.45) is 3.74. The van der Waals surface area contributed by atoms with Crippen molar-refractivity contribution in [3.05, 3.63) is 158 Å². The van der Waals surface area contributed by atoms with Crippen molar-refractivity contribution in [1.82, 2.24) is 19.9 Å². The molecule has 0 saturated carbocycles. The average molecular weight is 783 g/mol. The molecule has 0 aliphatic rings. The summed E-state index contributed by atoms with van der Waals surface area (Å²) < 4.78 is 20.0. The molecule has 0 aliphatic heterocycles. The van der Waals surface area contributed by atoms with E-state index in [1.54, 1.807) is 68.8 Å². The highest BCUT2D eigenvalue weighted by molar-refractivity contribution is 6.58. The SMILES string of the molecule is COc1ccc(-c2cc(Cc3ccc(OC)c([N+](=O)[O-])c3)ncn2)cc1.COc1ccc(B(O)O)cc1.COc1ccc(Cc2cc(Cl)ncn2)cc1[N+](=O)[O-]. The topological polar surface area (TPSA) is 215 Å². The molecular weight excluding hydrogens is 747 g/mol. The zero-order valence-electron chi connectivity index (χ0n) is 30.6. The van der Waals surface area contributed by atoms with Crippen molar-refractivity contribution in [3.8, 4) is 34.3 Å². The fourth-order valence-electron chi connectivity index (χ4n) is 5.05. The van der Waals surface area contributed by atoms with Gasteiger partial charge < -0.3 is 29.0 Å². The number of methoxy groups -OCH3 is 4. The van der Waals surface area contributed by atoms with Crippen LogP contribution in [-0.2, 0) is 12.8 Å². The van der Waals surface area contributed by atoms with Crippen molar-refractivity contribution in [2.75, 3.05) is 28.4 Å². The number of benzene rings is 4. The molecule has 4 aromatic carbocycles. The van der Waals surface area contributed by atoms with E-state index in [0.717, 1.165) is 33.8 Å². The number of hydrogen-bond donors (Lipinski definition) is 2. The molecule has 18 heteroatoms. The highest BCUT2D eigenvalue weighted by Gasteiger charge is 2.17. The van der Waals surface area contributed by atoms with Crippen molar-refractivity contribution < 1.29 is 38.8 Å². The number of ether oxygens (including phenoxy) is 4. The van der Waals surface area contributed by atoms with Gasteiger partial charge in [-0.3, -0.25) is 20.2 Å². The molecule has 0 saturated heterocycles. The summed E-state index contributed by atoms with van der Waals surface area (Å²) in [4.78, 5) is 37.6. The van der Waals surface area contributed by atoms with E-state index < -0.39 is 17.0 Å². The Balaban J connectivity index is 0.000000203. The molecule has 56 heavy (non-hydrogen) atoms. The second-order valence-corrected chi connectivity index (χ2v) is 11.9. The number of aromatic nitrogens is 4. The second kappa shape index (κ2) is 20.7. The van der Waals surface area contributed by atoms with Gasteiger partial charge >= 0.3 is 18.5 Å². The minimum Gasteiger partial charge on any atom is -0.497 e. The maximum absolute atomic E-state index is 11.2. The Bertz CT molecular complexity index is 2230. The van der Waals surface area contributed by atoms with Gasteiger partial charge in [0.1, 0.15) is 29.3 Å². The van der Waals surface area contributed by atoms with Crippen molar-refractivity contribution >= 4 is 35.6 Å². The summed E-state index contributed by atoms with van der Waals surface area (Å²) in [6.45, 7) is 0. The number of nitrogens with zero attached hydrogens (tertiary/aromatic N) is 6. The van der Waals surface area contributed by atoms with Gasteiger partial charge in [-0.2, -0.15) is 0 Å². The summed E-state index contributed by atoms with van der Waals surface area (Å²) in [6, 6.07) is 27.3. The Hall–Kier alpha value is -6.69. The third-order valence-electron chi connectivity index (χ3n) is 7.86. The van der Waals surface area contributed by atoms with Crippen LogP contribution in [0.1, 0.15) is 22.5 Å². The molecule has 2 heterocycles. The van der Waals surface area contributed by atoms with Crippen LogP contribution in [0.4, 0.5) is 11.4 Å². The Morgan fingerprint density at radius 3 is 1.50 bits per heavy atom. The third-order valence-corrected chi connectivity index (χ3v) is 8.07. The fourth-order valence-corrected chi connectivity index (χ4v) is 5.22. The second-order valence-electron chi connectivity index (χ2n) is 11.5. The smallest absolute Gasteiger partial charge is 0.488 e. The molecule has 16 nitrogen and oxygen atoms in total. The Labute approximate surface area is 326 Å². The summed E-state index contributed by atoms with van der Waals surface area (Å²) >= 11 is 5.76. The lowest BCUT2D eigenvalue weighted by molar-refractivity contribution is -0.385. The number of rotatable bonds is 12. The van der Waals surface area contributed by atoms with E-state index in [4.69, 9.17) is 40.6 Å². The lowest BCUT2D eigenvalue weighted by Gasteiger charge is -2.07. The van der Waals surface area contributed by atoms with Gasteiger partial charge in [0.05, 0.1) is 44.0 Å². The molecule has 288 valence electrons. The maximum atomic E-state index is 11.2. The van der Waals surface area contributed by atoms with Crippen LogP contribution < -0.4 is 24.4 Å². The van der Waals surface area contributed by atoms with E-state index in [-0.39, 0.29) is 22.9 Å². The van der Waals surface area contributed by atoms with Crippen LogP contribution in [0.3, 0.4) is 0 Å². The van der Waals surface area contributed by atoms with Gasteiger partial charge in [-0.25, -0.2) is 19.9 Å². The van der Waals surface area contributed by atoms with Crippen molar-refractivity contribution in [2.45, 2.75) is 12.8 Å². The number of halogens is 1. The molecule has 0 bridgehead atoms. The molecule has 0 aliphatic carbocycles. The molecule has 6 aromatic rings. The first kappa shape index (κ1) is 42.1. The number of nitro groups is 2. The lowest BCUT2D eigenvalue weighted by atomic mass is 9.80. The van der Waals surface area contributed by atoms with Gasteiger partial charge in [0.15, 0.2) is 11.5 Å². The highest BCUT2D eigenvalue weighted by Crippen LogP contribution is 2.30. The van der Waals surface area contributed by atoms with Gasteiger partial charge in [0.25, 0.3) is 0 Å². The lowest BCUT2D eigenvalue weighted by Crippen LogP contribution is -2.29. The molecule has 0 radical (unpaired) electrons. The quantitative estimate of drug-likeness (QED) is 0.0662. The fraction of sp³-hybridized carbons (Fsp3) is 0.158. The number of hydrogen-bond acceptors (Lipinski definition) is 14. The Kier molecular flexibility index (Phi) is 15.5. The van der Waals surface area contributed by atoms with Crippen molar-refractivity contribution in [3.63, 3.8) is 0 Å². The van der Waals surface area contributed by atoms with Gasteiger partial charge in [-0.05, 0) is 77.3 Å². The summed E-state index contributed by atoms with van der Waals surface area (Å²) in [5.74, 6) is 1.94. The molecular formula is C38H36BClN6O10. The standard InChI is InChI=1S/C19H17N3O4.C12H10ClN3O3.C7H9BO3/c1-25-16-6-4-14(5-7-16)17-11-15(20-12-21-17)9-13-3-8-19(26-2)18(10-13)22(23)24;1-19-11-3-2-8(5-10(11)16(17)18)4-9-6-12(13)15-7-14-9;1-11-7-4-2-6(3-5-7)8(9)10/h3-8,10-12H,9H2,1-2H3;2-3,5-7H,4H2,1H3;2-5,9-10H,1H3. The van der Waals surface area contributed by atoms with Crippen LogP contribution in [-0.4, -0.2) is 75.4 Å². The Morgan fingerprint density at radius 2 is 1.07 bits per heavy atom. The zero-order valence-corrected chi connectivity index (χ0v) is 31.4. The van der Waals surface area contributed by atoms with E-state index >= 15 is 0 Å². The minimum absolute atomic E-state index is 0.0607. The van der Waals surface area contributed by atoms with E-state index in [9.17, 15) is 20.2 Å². The third kappa shape index (κ3) is 12.2. The molecule has 0 atom stereocenters. The monoisotopic (exact) mass is 782 g/mol. The van der Waals surface area contributed by atoms with Gasteiger partial charge in [-0.15, -0.1) is 0 Å². The minimum atomic E-state index is -1.40. The molecule has 0 unspecified atom stereocenters. The van der Waals surface area contributed by atoms with E-state index in [1.807, 2.05) is 30.3 Å². The summed E-state index contributed by atoms with van der Waals surface area (Å²) in [7, 11) is 4.58. The zero-order chi connectivity index (χ0) is 40.6. The van der Waals surface area contributed by atoms with Crippen LogP contribution in [0, 0.1) is 20.2 Å².